The average molecular weight is 556 g/mol. The number of hydrogen-bond donors (Lipinski definition) is 1. The first kappa shape index (κ1) is 23.1. The lowest BCUT2D eigenvalue weighted by Gasteiger charge is -2.16. The van der Waals surface area contributed by atoms with Crippen LogP contribution in [0.1, 0.15) is 42.1 Å². The van der Waals surface area contributed by atoms with Crippen molar-refractivity contribution in [1.82, 2.24) is 10.2 Å². The molecule has 0 saturated carbocycles. The number of carbonyl (C=O) groups excluding carboxylic acids is 3. The quantitative estimate of drug-likeness (QED) is 0.297. The van der Waals surface area contributed by atoms with E-state index < -0.39 is 17.9 Å². The zero-order valence-electron chi connectivity index (χ0n) is 17.0. The lowest BCUT2D eigenvalue weighted by Crippen LogP contribution is -2.30. The maximum atomic E-state index is 12.7. The molecule has 0 bridgehead atoms. The molecule has 0 spiro atoms. The van der Waals surface area contributed by atoms with Gasteiger partial charge in [-0.2, -0.15) is 0 Å². The van der Waals surface area contributed by atoms with E-state index in [0.717, 1.165) is 11.3 Å². The number of halogens is 2. The smallest absolute Gasteiger partial charge is 0.373 e. The number of esters is 1. The Labute approximate surface area is 195 Å². The molecule has 1 N–H and O–H groups in total. The summed E-state index contributed by atoms with van der Waals surface area (Å²) in [4.78, 5) is 37.5. The van der Waals surface area contributed by atoms with Crippen LogP contribution < -0.4 is 10.1 Å². The van der Waals surface area contributed by atoms with Crippen molar-refractivity contribution in [3.05, 3.63) is 56.0 Å². The van der Waals surface area contributed by atoms with Crippen molar-refractivity contribution in [3.8, 4) is 5.75 Å². The Balaban J connectivity index is 1.78. The van der Waals surface area contributed by atoms with Gasteiger partial charge in [0.2, 0.25) is 5.76 Å². The molecule has 1 aliphatic rings. The van der Waals surface area contributed by atoms with Gasteiger partial charge in [0.1, 0.15) is 17.2 Å². The minimum absolute atomic E-state index is 0.00489. The van der Waals surface area contributed by atoms with Crippen molar-refractivity contribution in [3.63, 3.8) is 0 Å². The van der Waals surface area contributed by atoms with Crippen molar-refractivity contribution < 1.29 is 28.3 Å². The Morgan fingerprint density at radius 1 is 1.26 bits per heavy atom. The topological polar surface area (TPSA) is 98.1 Å². The molecule has 3 rings (SSSR count). The van der Waals surface area contributed by atoms with Crippen LogP contribution in [0.5, 0.6) is 5.75 Å². The second kappa shape index (κ2) is 9.69. The van der Waals surface area contributed by atoms with Gasteiger partial charge < -0.3 is 19.2 Å². The molecule has 8 nitrogen and oxygen atoms in total. The lowest BCUT2D eigenvalue weighted by molar-refractivity contribution is -0.123. The number of benzene rings is 1. The third-order valence-electron chi connectivity index (χ3n) is 4.55. The minimum Gasteiger partial charge on any atom is -0.488 e. The summed E-state index contributed by atoms with van der Waals surface area (Å²) < 4.78 is 17.3. The van der Waals surface area contributed by atoms with E-state index in [1.54, 1.807) is 18.2 Å². The number of furan rings is 1. The van der Waals surface area contributed by atoms with Gasteiger partial charge in [0.05, 0.1) is 28.7 Å². The van der Waals surface area contributed by atoms with Crippen LogP contribution in [-0.2, 0) is 16.1 Å². The monoisotopic (exact) mass is 554 g/mol. The molecule has 10 heteroatoms. The molecule has 2 heterocycles. The number of hydrogen-bond acceptors (Lipinski definition) is 6. The molecule has 1 aromatic heterocycles. The Morgan fingerprint density at radius 3 is 2.55 bits per heavy atom. The summed E-state index contributed by atoms with van der Waals surface area (Å²) >= 11 is 6.98. The molecule has 3 amide bonds. The van der Waals surface area contributed by atoms with Crippen molar-refractivity contribution >= 4 is 55.8 Å². The number of ether oxygens (including phenoxy) is 2. The van der Waals surface area contributed by atoms with Crippen LogP contribution >= 0.6 is 31.9 Å². The van der Waals surface area contributed by atoms with Gasteiger partial charge in [-0.15, -0.1) is 0 Å². The number of methoxy groups -OCH3 is 1. The fraction of sp³-hybridized carbons (Fsp3) is 0.286. The van der Waals surface area contributed by atoms with Crippen LogP contribution in [0.4, 0.5) is 4.79 Å². The first-order valence-electron chi connectivity index (χ1n) is 9.40. The normalized spacial score (nSPS) is 15.9. The van der Waals surface area contributed by atoms with Crippen LogP contribution in [0.25, 0.3) is 6.08 Å². The third kappa shape index (κ3) is 5.19. The predicted molar refractivity (Wildman–Crippen MR) is 119 cm³/mol. The second-order valence-corrected chi connectivity index (χ2v) is 8.50. The molecular formula is C21H20Br2N2O6. The number of nitrogens with one attached hydrogen (secondary N) is 1. The van der Waals surface area contributed by atoms with E-state index in [1.165, 1.54) is 19.2 Å². The van der Waals surface area contributed by atoms with E-state index in [1.807, 2.05) is 13.8 Å². The fourth-order valence-electron chi connectivity index (χ4n) is 2.77. The average Bonchev–Trinajstić information content (AvgIpc) is 3.30. The van der Waals surface area contributed by atoms with E-state index >= 15 is 0 Å². The van der Waals surface area contributed by atoms with E-state index in [0.29, 0.717) is 20.3 Å². The Morgan fingerprint density at radius 2 is 1.94 bits per heavy atom. The SMILES string of the molecule is CC[C@H](C)Oc1c(Br)cc(/C=C2\NC(=O)N(Cc3ccc(C(=O)OC)o3)C2=O)cc1Br. The van der Waals surface area contributed by atoms with Crippen molar-refractivity contribution in [1.29, 1.82) is 0 Å². The molecule has 0 aliphatic carbocycles. The molecular weight excluding hydrogens is 536 g/mol. The predicted octanol–water partition coefficient (Wildman–Crippen LogP) is 4.86. The molecule has 1 fully saturated rings. The standard InChI is InChI=1S/C21H20Br2N2O6/c1-4-11(2)30-18-14(22)7-12(8-15(18)23)9-16-19(26)25(21(28)24-16)10-13-5-6-17(31-13)20(27)29-3/h5-9,11H,4,10H2,1-3H3,(H,24,28)/b16-9-/t11-/m0/s1. The summed E-state index contributed by atoms with van der Waals surface area (Å²) in [5.41, 5.74) is 0.811. The van der Waals surface area contributed by atoms with E-state index in [4.69, 9.17) is 9.15 Å². The zero-order chi connectivity index (χ0) is 22.7. The largest absolute Gasteiger partial charge is 0.488 e. The first-order chi connectivity index (χ1) is 14.7. The van der Waals surface area contributed by atoms with Crippen molar-refractivity contribution in [2.75, 3.05) is 7.11 Å². The number of rotatable bonds is 7. The summed E-state index contributed by atoms with van der Waals surface area (Å²) in [6, 6.07) is 5.95. The van der Waals surface area contributed by atoms with Gasteiger partial charge in [0.25, 0.3) is 5.91 Å². The second-order valence-electron chi connectivity index (χ2n) is 6.79. The Bertz CT molecular complexity index is 1040. The van der Waals surface area contributed by atoms with Gasteiger partial charge in [0, 0.05) is 0 Å². The molecule has 1 aliphatic heterocycles. The van der Waals surface area contributed by atoms with E-state index in [-0.39, 0.29) is 29.9 Å². The molecule has 1 aromatic carbocycles. The van der Waals surface area contributed by atoms with Crippen molar-refractivity contribution in [2.45, 2.75) is 32.9 Å². The van der Waals surface area contributed by atoms with Gasteiger partial charge >= 0.3 is 12.0 Å². The van der Waals surface area contributed by atoms with Crippen molar-refractivity contribution in [2.24, 2.45) is 0 Å². The third-order valence-corrected chi connectivity index (χ3v) is 5.73. The highest BCUT2D eigenvalue weighted by Crippen LogP contribution is 2.36. The number of nitrogens with zero attached hydrogens (tertiary/aromatic N) is 1. The number of amides is 3. The van der Waals surface area contributed by atoms with Crippen LogP contribution in [0.3, 0.4) is 0 Å². The van der Waals surface area contributed by atoms with Gasteiger partial charge in [-0.3, -0.25) is 9.69 Å². The molecule has 31 heavy (non-hydrogen) atoms. The maximum Gasteiger partial charge on any atom is 0.373 e. The number of imide groups is 1. The van der Waals surface area contributed by atoms with Crippen LogP contribution in [-0.4, -0.2) is 36.0 Å². The summed E-state index contributed by atoms with van der Waals surface area (Å²) in [6.45, 7) is 3.89. The molecule has 164 valence electrons. The Kier molecular flexibility index (Phi) is 7.22. The van der Waals surface area contributed by atoms with Gasteiger partial charge in [-0.25, -0.2) is 9.59 Å². The molecule has 0 unspecified atom stereocenters. The summed E-state index contributed by atoms with van der Waals surface area (Å²) in [5, 5.41) is 2.56. The van der Waals surface area contributed by atoms with Crippen LogP contribution in [0, 0.1) is 0 Å². The summed E-state index contributed by atoms with van der Waals surface area (Å²) in [6.07, 6.45) is 2.48. The van der Waals surface area contributed by atoms with E-state index in [2.05, 4.69) is 41.9 Å². The highest BCUT2D eigenvalue weighted by molar-refractivity contribution is 9.11. The minimum atomic E-state index is -0.638. The van der Waals surface area contributed by atoms with Gasteiger partial charge in [0.15, 0.2) is 0 Å². The number of carbonyl (C=O) groups is 3. The first-order valence-corrected chi connectivity index (χ1v) is 11.0. The maximum absolute atomic E-state index is 12.7. The van der Waals surface area contributed by atoms with Crippen LogP contribution in [0.2, 0.25) is 0 Å². The summed E-state index contributed by atoms with van der Waals surface area (Å²) in [5.74, 6) is -0.204. The summed E-state index contributed by atoms with van der Waals surface area (Å²) in [7, 11) is 1.23. The van der Waals surface area contributed by atoms with E-state index in [9.17, 15) is 14.4 Å². The van der Waals surface area contributed by atoms with Gasteiger partial charge in [-0.05, 0) is 81.1 Å². The lowest BCUT2D eigenvalue weighted by atomic mass is 10.1. The zero-order valence-corrected chi connectivity index (χ0v) is 20.2. The highest BCUT2D eigenvalue weighted by atomic mass is 79.9. The fourth-order valence-corrected chi connectivity index (χ4v) is 4.18. The molecule has 0 radical (unpaired) electrons. The Hall–Kier alpha value is -2.59. The van der Waals surface area contributed by atoms with Gasteiger partial charge in [-0.1, -0.05) is 6.92 Å². The number of urea groups is 1. The molecule has 2 aromatic rings. The molecule has 1 atom stereocenters. The molecule has 1 saturated heterocycles. The highest BCUT2D eigenvalue weighted by Gasteiger charge is 2.34. The van der Waals surface area contributed by atoms with Crippen LogP contribution in [0.15, 0.2) is 43.3 Å².